The first-order valence-corrected chi connectivity index (χ1v) is 7.79. The predicted octanol–water partition coefficient (Wildman–Crippen LogP) is 3.89. The number of halogens is 1. The Bertz CT molecular complexity index is 564. The lowest BCUT2D eigenvalue weighted by atomic mass is 10.3. The normalized spacial score (nSPS) is 12.4. The van der Waals surface area contributed by atoms with Crippen LogP contribution in [0.15, 0.2) is 23.6 Å². The van der Waals surface area contributed by atoms with E-state index in [4.69, 9.17) is 16.3 Å². The zero-order valence-corrected chi connectivity index (χ0v) is 13.0. The standard InChI is InChI=1S/C13H14ClNO2S2/c1-8-5-11(18-7-8)13(16)15-6-9(17-2)10-3-4-12(14)19-10/h3-5,7,9H,6H2,1-2H3,(H,15,16). The molecule has 6 heteroatoms. The van der Waals surface area contributed by atoms with Crippen LogP contribution in [0.3, 0.4) is 0 Å². The SMILES string of the molecule is COC(CNC(=O)c1cc(C)cs1)c1ccc(Cl)s1. The maximum Gasteiger partial charge on any atom is 0.261 e. The van der Waals surface area contributed by atoms with Gasteiger partial charge in [-0.05, 0) is 36.1 Å². The van der Waals surface area contributed by atoms with E-state index in [9.17, 15) is 4.79 Å². The average Bonchev–Trinajstić information content (AvgIpc) is 2.99. The largest absolute Gasteiger partial charge is 0.374 e. The molecule has 0 aromatic carbocycles. The highest BCUT2D eigenvalue weighted by Crippen LogP contribution is 2.28. The predicted molar refractivity (Wildman–Crippen MR) is 80.5 cm³/mol. The molecule has 2 aromatic heterocycles. The van der Waals surface area contributed by atoms with Gasteiger partial charge in [0.25, 0.3) is 5.91 Å². The maximum absolute atomic E-state index is 11.9. The van der Waals surface area contributed by atoms with Crippen LogP contribution in [-0.2, 0) is 4.74 Å². The summed E-state index contributed by atoms with van der Waals surface area (Å²) in [5, 5.41) is 4.84. The van der Waals surface area contributed by atoms with Crippen molar-refractivity contribution < 1.29 is 9.53 Å². The second-order valence-corrected chi connectivity index (χ2v) is 6.72. The van der Waals surface area contributed by atoms with Crippen LogP contribution in [0, 0.1) is 6.92 Å². The maximum atomic E-state index is 11.9. The van der Waals surface area contributed by atoms with Crippen molar-refractivity contribution in [2.45, 2.75) is 13.0 Å². The molecule has 1 amide bonds. The number of methoxy groups -OCH3 is 1. The second kappa shape index (κ2) is 6.52. The fourth-order valence-electron chi connectivity index (χ4n) is 1.62. The van der Waals surface area contributed by atoms with Crippen molar-refractivity contribution in [2.75, 3.05) is 13.7 Å². The number of rotatable bonds is 5. The highest BCUT2D eigenvalue weighted by molar-refractivity contribution is 7.16. The van der Waals surface area contributed by atoms with Gasteiger partial charge in [-0.25, -0.2) is 0 Å². The number of carbonyl (C=O) groups excluding carboxylic acids is 1. The van der Waals surface area contributed by atoms with Gasteiger partial charge in [-0.1, -0.05) is 11.6 Å². The van der Waals surface area contributed by atoms with Gasteiger partial charge in [0.2, 0.25) is 0 Å². The topological polar surface area (TPSA) is 38.3 Å². The second-order valence-electron chi connectivity index (χ2n) is 4.06. The van der Waals surface area contributed by atoms with Crippen LogP contribution in [0.25, 0.3) is 0 Å². The number of hydrogen-bond acceptors (Lipinski definition) is 4. The minimum atomic E-state index is -0.164. The summed E-state index contributed by atoms with van der Waals surface area (Å²) in [6.07, 6.45) is -0.164. The van der Waals surface area contributed by atoms with E-state index in [1.54, 1.807) is 7.11 Å². The van der Waals surface area contributed by atoms with E-state index in [0.29, 0.717) is 6.54 Å². The van der Waals surface area contributed by atoms with Crippen LogP contribution in [0.5, 0.6) is 0 Å². The van der Waals surface area contributed by atoms with Gasteiger partial charge in [-0.2, -0.15) is 0 Å². The van der Waals surface area contributed by atoms with Crippen molar-refractivity contribution in [2.24, 2.45) is 0 Å². The molecule has 0 radical (unpaired) electrons. The monoisotopic (exact) mass is 315 g/mol. The Morgan fingerprint density at radius 1 is 1.53 bits per heavy atom. The highest BCUT2D eigenvalue weighted by atomic mass is 35.5. The zero-order valence-electron chi connectivity index (χ0n) is 10.6. The Kier molecular flexibility index (Phi) is 4.99. The van der Waals surface area contributed by atoms with Crippen molar-refractivity contribution in [3.63, 3.8) is 0 Å². The third-order valence-electron chi connectivity index (χ3n) is 2.60. The molecule has 0 fully saturated rings. The molecular formula is C13H14ClNO2S2. The molecule has 3 nitrogen and oxygen atoms in total. The molecular weight excluding hydrogens is 302 g/mol. The Hall–Kier alpha value is -0.880. The van der Waals surface area contributed by atoms with Crippen molar-refractivity contribution in [1.29, 1.82) is 0 Å². The molecule has 19 heavy (non-hydrogen) atoms. The summed E-state index contributed by atoms with van der Waals surface area (Å²) >= 11 is 8.81. The van der Waals surface area contributed by atoms with E-state index in [1.165, 1.54) is 22.7 Å². The summed E-state index contributed by atoms with van der Waals surface area (Å²) in [4.78, 5) is 13.7. The number of carbonyl (C=O) groups is 1. The molecule has 1 N–H and O–H groups in total. The molecule has 0 spiro atoms. The number of amides is 1. The summed E-state index contributed by atoms with van der Waals surface area (Å²) < 4.78 is 6.10. The molecule has 0 aliphatic carbocycles. The molecule has 0 aliphatic heterocycles. The van der Waals surface area contributed by atoms with Gasteiger partial charge in [0, 0.05) is 18.5 Å². The minimum Gasteiger partial charge on any atom is -0.374 e. The molecule has 2 heterocycles. The third-order valence-corrected chi connectivity index (χ3v) is 4.97. The van der Waals surface area contributed by atoms with Gasteiger partial charge in [0.15, 0.2) is 0 Å². The van der Waals surface area contributed by atoms with Gasteiger partial charge in [0.1, 0.15) is 6.10 Å². The first-order chi connectivity index (χ1) is 9.10. The van der Waals surface area contributed by atoms with E-state index in [-0.39, 0.29) is 12.0 Å². The van der Waals surface area contributed by atoms with Gasteiger partial charge in [-0.15, -0.1) is 22.7 Å². The van der Waals surface area contributed by atoms with E-state index < -0.39 is 0 Å². The average molecular weight is 316 g/mol. The molecule has 0 saturated carbocycles. The Labute approximate surface area is 125 Å². The lowest BCUT2D eigenvalue weighted by Gasteiger charge is -2.14. The molecule has 0 aliphatic rings. The molecule has 102 valence electrons. The van der Waals surface area contributed by atoms with Gasteiger partial charge >= 0.3 is 0 Å². The fraction of sp³-hybridized carbons (Fsp3) is 0.308. The van der Waals surface area contributed by atoms with Gasteiger partial charge in [0.05, 0.1) is 9.21 Å². The number of ether oxygens (including phenoxy) is 1. The zero-order chi connectivity index (χ0) is 13.8. The van der Waals surface area contributed by atoms with E-state index in [2.05, 4.69) is 5.32 Å². The number of aryl methyl sites for hydroxylation is 1. The molecule has 2 rings (SSSR count). The molecule has 1 atom stereocenters. The van der Waals surface area contributed by atoms with Crippen molar-refractivity contribution in [3.8, 4) is 0 Å². The van der Waals surface area contributed by atoms with Crippen LogP contribution in [-0.4, -0.2) is 19.6 Å². The Morgan fingerprint density at radius 2 is 2.32 bits per heavy atom. The van der Waals surface area contributed by atoms with E-state index >= 15 is 0 Å². The first-order valence-electron chi connectivity index (χ1n) is 5.71. The highest BCUT2D eigenvalue weighted by Gasteiger charge is 2.15. The van der Waals surface area contributed by atoms with Crippen molar-refractivity contribution >= 4 is 40.2 Å². The van der Waals surface area contributed by atoms with Crippen LogP contribution in [0.4, 0.5) is 0 Å². The van der Waals surface area contributed by atoms with Gasteiger partial charge in [-0.3, -0.25) is 4.79 Å². The quantitative estimate of drug-likeness (QED) is 0.909. The lowest BCUT2D eigenvalue weighted by molar-refractivity contribution is 0.0841. The van der Waals surface area contributed by atoms with Crippen LogP contribution >= 0.6 is 34.3 Å². The Balaban J connectivity index is 1.95. The van der Waals surface area contributed by atoms with E-state index in [1.807, 2.05) is 30.5 Å². The van der Waals surface area contributed by atoms with Crippen LogP contribution in [0.2, 0.25) is 4.34 Å². The summed E-state index contributed by atoms with van der Waals surface area (Å²) in [6.45, 7) is 2.40. The summed E-state index contributed by atoms with van der Waals surface area (Å²) in [6, 6.07) is 5.63. The molecule has 1 unspecified atom stereocenters. The summed E-state index contributed by atoms with van der Waals surface area (Å²) in [5.74, 6) is -0.0668. The third kappa shape index (κ3) is 3.79. The molecule has 0 bridgehead atoms. The van der Waals surface area contributed by atoms with Gasteiger partial charge < -0.3 is 10.1 Å². The lowest BCUT2D eigenvalue weighted by Crippen LogP contribution is -2.28. The fourth-order valence-corrected chi connectivity index (χ4v) is 3.58. The number of hydrogen-bond donors (Lipinski definition) is 1. The van der Waals surface area contributed by atoms with Crippen LogP contribution in [0.1, 0.15) is 26.2 Å². The number of nitrogens with one attached hydrogen (secondary N) is 1. The summed E-state index contributed by atoms with van der Waals surface area (Å²) in [7, 11) is 1.62. The van der Waals surface area contributed by atoms with Crippen LogP contribution < -0.4 is 5.32 Å². The minimum absolute atomic E-state index is 0.0668. The molecule has 0 saturated heterocycles. The first kappa shape index (κ1) is 14.5. The summed E-state index contributed by atoms with van der Waals surface area (Å²) in [5.41, 5.74) is 1.10. The molecule has 2 aromatic rings. The van der Waals surface area contributed by atoms with Crippen molar-refractivity contribution in [1.82, 2.24) is 5.32 Å². The van der Waals surface area contributed by atoms with Crippen molar-refractivity contribution in [3.05, 3.63) is 43.2 Å². The smallest absolute Gasteiger partial charge is 0.261 e. The Morgan fingerprint density at radius 3 is 2.84 bits per heavy atom. The number of thiophene rings is 2. The van der Waals surface area contributed by atoms with E-state index in [0.717, 1.165) is 19.7 Å².